The van der Waals surface area contributed by atoms with E-state index < -0.39 is 28.5 Å². The fraction of sp³-hybridized carbons (Fsp3) is 0.459. The number of halogens is 2. The number of likely N-dealkylation sites (N-methyl/N-ethyl adjacent to an activating group) is 1. The number of nitrogens with one attached hydrogen (secondary N) is 1. The molecule has 4 aliphatic carbocycles. The van der Waals surface area contributed by atoms with E-state index in [1.54, 1.807) is 18.2 Å². The first-order chi connectivity index (χ1) is 22.4. The van der Waals surface area contributed by atoms with Crippen molar-refractivity contribution in [2.45, 2.75) is 69.9 Å². The summed E-state index contributed by atoms with van der Waals surface area (Å²) in [4.78, 5) is 29.4. The molecule has 0 saturated heterocycles. The predicted molar refractivity (Wildman–Crippen MR) is 188 cm³/mol. The van der Waals surface area contributed by atoms with Gasteiger partial charge in [0.1, 0.15) is 12.6 Å². The van der Waals surface area contributed by atoms with Crippen molar-refractivity contribution in [2.75, 3.05) is 23.7 Å². The fourth-order valence-corrected chi connectivity index (χ4v) is 10.1. The van der Waals surface area contributed by atoms with Gasteiger partial charge in [-0.25, -0.2) is 8.42 Å². The summed E-state index contributed by atoms with van der Waals surface area (Å²) < 4.78 is 27.7. The summed E-state index contributed by atoms with van der Waals surface area (Å²) >= 11 is 12.7. The quantitative estimate of drug-likeness (QED) is 0.221. The maximum Gasteiger partial charge on any atom is 0.244 e. The number of hydrogen-bond acceptors (Lipinski definition) is 4. The molecule has 0 unspecified atom stereocenters. The van der Waals surface area contributed by atoms with Gasteiger partial charge in [0.05, 0.1) is 11.9 Å². The van der Waals surface area contributed by atoms with Crippen LogP contribution in [0, 0.1) is 17.8 Å². The zero-order chi connectivity index (χ0) is 33.3. The SMILES string of the molecule is CCNC(=O)[C@H](Cc1ccccc1)N(Cc1ccc(Cl)cc1Cl)C(=O)CN(c1ccc(C23CC4CC(CC(C4)C2)C3)cc1)S(C)(=O)=O. The summed E-state index contributed by atoms with van der Waals surface area (Å²) in [5, 5.41) is 3.67. The third-order valence-electron chi connectivity index (χ3n) is 10.5. The maximum absolute atomic E-state index is 14.4. The molecule has 47 heavy (non-hydrogen) atoms. The zero-order valence-corrected chi connectivity index (χ0v) is 29.3. The van der Waals surface area contributed by atoms with Gasteiger partial charge in [0.25, 0.3) is 0 Å². The number of carbonyl (C=O) groups excluding carboxylic acids is 2. The van der Waals surface area contributed by atoms with Gasteiger partial charge in [-0.15, -0.1) is 0 Å². The zero-order valence-electron chi connectivity index (χ0n) is 27.0. The van der Waals surface area contributed by atoms with E-state index in [1.165, 1.54) is 49.0 Å². The van der Waals surface area contributed by atoms with Crippen molar-refractivity contribution < 1.29 is 18.0 Å². The normalized spacial score (nSPS) is 23.7. The molecule has 10 heteroatoms. The first kappa shape index (κ1) is 33.8. The van der Waals surface area contributed by atoms with E-state index >= 15 is 0 Å². The van der Waals surface area contributed by atoms with Crippen LogP contribution in [0.5, 0.6) is 0 Å². The molecule has 4 aliphatic rings. The van der Waals surface area contributed by atoms with Gasteiger partial charge in [-0.05, 0) is 110 Å². The number of hydrogen-bond donors (Lipinski definition) is 1. The van der Waals surface area contributed by atoms with Gasteiger partial charge in [0.2, 0.25) is 21.8 Å². The Morgan fingerprint density at radius 2 is 1.53 bits per heavy atom. The van der Waals surface area contributed by atoms with Crippen molar-refractivity contribution in [3.8, 4) is 0 Å². The van der Waals surface area contributed by atoms with Gasteiger partial charge in [0, 0.05) is 29.6 Å². The molecule has 0 radical (unpaired) electrons. The average Bonchev–Trinajstić information content (AvgIpc) is 3.02. The number of sulfonamides is 1. The van der Waals surface area contributed by atoms with E-state index in [0.29, 0.717) is 27.8 Å². The van der Waals surface area contributed by atoms with Crippen molar-refractivity contribution in [3.63, 3.8) is 0 Å². The Hall–Kier alpha value is -3.07. The van der Waals surface area contributed by atoms with Gasteiger partial charge in [-0.3, -0.25) is 13.9 Å². The van der Waals surface area contributed by atoms with Gasteiger partial charge < -0.3 is 10.2 Å². The lowest BCUT2D eigenvalue weighted by Gasteiger charge is -2.57. The second-order valence-corrected chi connectivity index (χ2v) is 16.6. The smallest absolute Gasteiger partial charge is 0.244 e. The minimum Gasteiger partial charge on any atom is -0.355 e. The number of carbonyl (C=O) groups is 2. The molecule has 0 heterocycles. The molecule has 0 aromatic heterocycles. The lowest BCUT2D eigenvalue weighted by atomic mass is 9.48. The molecule has 0 spiro atoms. The van der Waals surface area contributed by atoms with Crippen molar-refractivity contribution in [1.29, 1.82) is 0 Å². The molecule has 1 atom stereocenters. The highest BCUT2D eigenvalue weighted by Gasteiger charge is 2.51. The Morgan fingerprint density at radius 1 is 0.915 bits per heavy atom. The molecule has 3 aromatic carbocycles. The van der Waals surface area contributed by atoms with E-state index in [2.05, 4.69) is 17.4 Å². The van der Waals surface area contributed by atoms with E-state index in [9.17, 15) is 18.0 Å². The lowest BCUT2D eigenvalue weighted by molar-refractivity contribution is -0.140. The molecule has 1 N–H and O–H groups in total. The summed E-state index contributed by atoms with van der Waals surface area (Å²) in [6.45, 7) is 1.72. The molecular weight excluding hydrogens is 653 g/mol. The van der Waals surface area contributed by atoms with Crippen molar-refractivity contribution in [3.05, 3.63) is 99.5 Å². The largest absolute Gasteiger partial charge is 0.355 e. The van der Waals surface area contributed by atoms with Crippen LogP contribution in [0.3, 0.4) is 0 Å². The monoisotopic (exact) mass is 695 g/mol. The second-order valence-electron chi connectivity index (χ2n) is 13.9. The Morgan fingerprint density at radius 3 is 2.09 bits per heavy atom. The first-order valence-electron chi connectivity index (χ1n) is 16.6. The standard InChI is InChI=1S/C37H43Cl2N3O4S/c1-3-40-36(44)34(18-25-7-5-4-6-8-25)41(23-29-9-12-31(38)19-33(29)39)35(43)24-42(47(2,45)46)32-13-10-30(11-14-32)37-20-26-15-27(21-37)17-28(16-26)22-37/h4-14,19,26-28,34H,3,15-18,20-24H2,1-2H3,(H,40,44)/t26?,27?,28?,34-,37?/m0/s1. The lowest BCUT2D eigenvalue weighted by Crippen LogP contribution is -2.53. The number of nitrogens with zero attached hydrogens (tertiary/aromatic N) is 2. The minimum absolute atomic E-state index is 0.00791. The van der Waals surface area contributed by atoms with Crippen LogP contribution in [0.15, 0.2) is 72.8 Å². The van der Waals surface area contributed by atoms with Crippen LogP contribution in [0.1, 0.15) is 62.1 Å². The van der Waals surface area contributed by atoms with Crippen LogP contribution in [0.25, 0.3) is 0 Å². The molecular formula is C37H43Cl2N3O4S. The van der Waals surface area contributed by atoms with Crippen LogP contribution in [-0.2, 0) is 38.0 Å². The van der Waals surface area contributed by atoms with Crippen molar-refractivity contribution >= 4 is 50.7 Å². The van der Waals surface area contributed by atoms with Gasteiger partial charge >= 0.3 is 0 Å². The van der Waals surface area contributed by atoms with Crippen LogP contribution in [0.4, 0.5) is 5.69 Å². The molecule has 7 rings (SSSR count). The van der Waals surface area contributed by atoms with E-state index in [0.717, 1.165) is 33.9 Å². The third kappa shape index (κ3) is 7.50. The van der Waals surface area contributed by atoms with Gasteiger partial charge in [-0.1, -0.05) is 71.7 Å². The van der Waals surface area contributed by atoms with Crippen LogP contribution < -0.4 is 9.62 Å². The van der Waals surface area contributed by atoms with E-state index in [-0.39, 0.29) is 24.3 Å². The molecule has 4 bridgehead atoms. The Balaban J connectivity index is 1.31. The van der Waals surface area contributed by atoms with Crippen LogP contribution in [-0.4, -0.2) is 50.5 Å². The summed E-state index contributed by atoms with van der Waals surface area (Å²) in [6.07, 6.45) is 9.01. The van der Waals surface area contributed by atoms with Crippen molar-refractivity contribution in [2.24, 2.45) is 17.8 Å². The molecule has 7 nitrogen and oxygen atoms in total. The molecule has 4 saturated carbocycles. The first-order valence-corrected chi connectivity index (χ1v) is 19.2. The highest BCUT2D eigenvalue weighted by atomic mass is 35.5. The highest BCUT2D eigenvalue weighted by molar-refractivity contribution is 7.92. The number of rotatable bonds is 12. The summed E-state index contributed by atoms with van der Waals surface area (Å²) in [5.41, 5.74) is 3.33. The second kappa shape index (κ2) is 13.8. The number of anilines is 1. The molecule has 3 aromatic rings. The summed E-state index contributed by atoms with van der Waals surface area (Å²) in [5.74, 6) is 1.53. The van der Waals surface area contributed by atoms with Gasteiger partial charge in [-0.2, -0.15) is 0 Å². The number of benzene rings is 3. The Kier molecular flexibility index (Phi) is 9.94. The Bertz CT molecular complexity index is 1680. The fourth-order valence-electron chi connectivity index (χ4n) is 8.74. The molecule has 0 aliphatic heterocycles. The Labute approximate surface area is 288 Å². The number of amides is 2. The van der Waals surface area contributed by atoms with E-state index in [1.807, 2.05) is 49.4 Å². The average molecular weight is 697 g/mol. The minimum atomic E-state index is -3.86. The van der Waals surface area contributed by atoms with Gasteiger partial charge in [0.15, 0.2) is 0 Å². The molecule has 4 fully saturated rings. The van der Waals surface area contributed by atoms with Crippen LogP contribution >= 0.6 is 23.2 Å². The topological polar surface area (TPSA) is 86.8 Å². The predicted octanol–water partition coefficient (Wildman–Crippen LogP) is 7.00. The summed E-state index contributed by atoms with van der Waals surface area (Å²) in [7, 11) is -3.86. The molecule has 250 valence electrons. The highest BCUT2D eigenvalue weighted by Crippen LogP contribution is 2.60. The maximum atomic E-state index is 14.4. The van der Waals surface area contributed by atoms with Crippen LogP contribution in [0.2, 0.25) is 10.0 Å². The summed E-state index contributed by atoms with van der Waals surface area (Å²) in [6, 6.07) is 21.3. The van der Waals surface area contributed by atoms with E-state index in [4.69, 9.17) is 23.2 Å². The van der Waals surface area contributed by atoms with Crippen molar-refractivity contribution in [1.82, 2.24) is 10.2 Å². The molecule has 2 amide bonds. The third-order valence-corrected chi connectivity index (χ3v) is 12.2.